The van der Waals surface area contributed by atoms with Crippen LogP contribution < -0.4 is 10.6 Å². The molecular formula is C23H46N2O. The highest BCUT2D eigenvalue weighted by Crippen LogP contribution is 2.38. The first kappa shape index (κ1) is 27.2. The Kier molecular flexibility index (Phi) is 16.9. The Bertz CT molecular complexity index is 425. The number of para-hydroxylation sites is 1. The van der Waals surface area contributed by atoms with Crippen molar-refractivity contribution >= 4 is 5.69 Å². The van der Waals surface area contributed by atoms with Crippen molar-refractivity contribution in [1.29, 1.82) is 0 Å². The Morgan fingerprint density at radius 3 is 2.00 bits per heavy atom. The van der Waals surface area contributed by atoms with E-state index in [1.807, 2.05) is 20.8 Å². The van der Waals surface area contributed by atoms with Crippen LogP contribution in [0.3, 0.4) is 0 Å². The Labute approximate surface area is 164 Å². The van der Waals surface area contributed by atoms with E-state index < -0.39 is 0 Å². The molecule has 3 heteroatoms. The van der Waals surface area contributed by atoms with E-state index in [0.717, 1.165) is 13.2 Å². The van der Waals surface area contributed by atoms with Crippen LogP contribution in [0.2, 0.25) is 0 Å². The predicted octanol–water partition coefficient (Wildman–Crippen LogP) is 6.01. The molecule has 0 aromatic heterocycles. The fourth-order valence-electron chi connectivity index (χ4n) is 2.62. The molecule has 3 nitrogen and oxygen atoms in total. The van der Waals surface area contributed by atoms with Gasteiger partial charge in [-0.15, -0.1) is 0 Å². The molecule has 0 fully saturated rings. The summed E-state index contributed by atoms with van der Waals surface area (Å²) in [4.78, 5) is 2.50. The zero-order valence-corrected chi connectivity index (χ0v) is 19.1. The summed E-state index contributed by atoms with van der Waals surface area (Å²) in [6, 6.07) is 9.22. The van der Waals surface area contributed by atoms with E-state index in [-0.39, 0.29) is 0 Å². The van der Waals surface area contributed by atoms with E-state index in [2.05, 4.69) is 68.5 Å². The van der Waals surface area contributed by atoms with E-state index in [4.69, 9.17) is 5.73 Å². The van der Waals surface area contributed by atoms with E-state index in [1.165, 1.54) is 37.1 Å². The first-order valence-electron chi connectivity index (χ1n) is 10.3. The van der Waals surface area contributed by atoms with Crippen molar-refractivity contribution in [3.63, 3.8) is 0 Å². The fourth-order valence-corrected chi connectivity index (χ4v) is 2.62. The normalized spacial score (nSPS) is 14.5. The lowest BCUT2D eigenvalue weighted by atomic mass is 9.80. The van der Waals surface area contributed by atoms with Crippen molar-refractivity contribution in [2.45, 2.75) is 86.1 Å². The molecule has 2 N–H and O–H groups in total. The smallest absolute Gasteiger partial charge is 0.0433 e. The maximum absolute atomic E-state index is 5.11. The average molecular weight is 367 g/mol. The monoisotopic (exact) mass is 366 g/mol. The van der Waals surface area contributed by atoms with Gasteiger partial charge in [-0.25, -0.2) is 0 Å². The third-order valence-corrected chi connectivity index (χ3v) is 3.87. The van der Waals surface area contributed by atoms with E-state index >= 15 is 0 Å². The van der Waals surface area contributed by atoms with Gasteiger partial charge in [0.1, 0.15) is 0 Å². The quantitative estimate of drug-likeness (QED) is 0.697. The standard InChI is InChI=1S/C14H21N.C3H9N.C3H8O.C3H8/c1-4-15-11-7-10-14(2,3)12-8-5-6-9-13(12)15;1-3(2)4;1-3-4-2;1-3-2/h5-6,8-9H,4,7,10-11H2,1-3H3;3H,4H2,1-2H3;3H2,1-2H3;3H2,1-2H3. The van der Waals surface area contributed by atoms with E-state index in [1.54, 1.807) is 7.11 Å². The van der Waals surface area contributed by atoms with Gasteiger partial charge in [-0.3, -0.25) is 0 Å². The molecular weight excluding hydrogens is 320 g/mol. The van der Waals surface area contributed by atoms with Gasteiger partial charge in [-0.2, -0.15) is 0 Å². The summed E-state index contributed by atoms with van der Waals surface area (Å²) in [6.07, 6.45) is 3.84. The summed E-state index contributed by atoms with van der Waals surface area (Å²) in [5.41, 5.74) is 8.41. The molecule has 0 saturated heterocycles. The Balaban J connectivity index is 0. The molecule has 1 aromatic carbocycles. The molecule has 1 aliphatic rings. The molecule has 2 rings (SSSR count). The fraction of sp³-hybridized carbons (Fsp3) is 0.739. The van der Waals surface area contributed by atoms with Crippen LogP contribution in [0, 0.1) is 0 Å². The number of nitrogens with zero attached hydrogens (tertiary/aromatic N) is 1. The summed E-state index contributed by atoms with van der Waals surface area (Å²) in [7, 11) is 1.68. The van der Waals surface area contributed by atoms with Crippen LogP contribution in [0.5, 0.6) is 0 Å². The van der Waals surface area contributed by atoms with Gasteiger partial charge in [-0.1, -0.05) is 66.2 Å². The summed E-state index contributed by atoms with van der Waals surface area (Å²) in [5, 5.41) is 0. The minimum atomic E-state index is 0.333. The van der Waals surface area contributed by atoms with Gasteiger partial charge < -0.3 is 15.4 Å². The number of nitrogens with two attached hydrogens (primary N) is 1. The van der Waals surface area contributed by atoms with Crippen molar-refractivity contribution in [1.82, 2.24) is 0 Å². The Hall–Kier alpha value is -1.06. The number of fused-ring (bicyclic) bond motifs is 1. The van der Waals surface area contributed by atoms with Crippen LogP contribution in [0.1, 0.15) is 80.2 Å². The second-order valence-corrected chi connectivity index (χ2v) is 7.61. The molecule has 1 aliphatic heterocycles. The lowest BCUT2D eigenvalue weighted by molar-refractivity contribution is 0.215. The molecule has 0 bridgehead atoms. The van der Waals surface area contributed by atoms with Crippen LogP contribution in [-0.4, -0.2) is 32.8 Å². The largest absolute Gasteiger partial charge is 0.385 e. The zero-order chi connectivity index (χ0) is 20.6. The predicted molar refractivity (Wildman–Crippen MR) is 119 cm³/mol. The first-order valence-corrected chi connectivity index (χ1v) is 10.3. The number of hydrogen-bond acceptors (Lipinski definition) is 3. The van der Waals surface area contributed by atoms with Crippen LogP contribution in [0.25, 0.3) is 0 Å². The van der Waals surface area contributed by atoms with Gasteiger partial charge in [0.15, 0.2) is 0 Å². The van der Waals surface area contributed by atoms with Gasteiger partial charge in [0.25, 0.3) is 0 Å². The molecule has 154 valence electrons. The van der Waals surface area contributed by atoms with Gasteiger partial charge in [-0.05, 0) is 49.8 Å². The van der Waals surface area contributed by atoms with Crippen LogP contribution in [0.4, 0.5) is 5.69 Å². The summed E-state index contributed by atoms with van der Waals surface area (Å²) >= 11 is 0. The second kappa shape index (κ2) is 16.1. The third kappa shape index (κ3) is 12.3. The van der Waals surface area contributed by atoms with Crippen molar-refractivity contribution < 1.29 is 4.74 Å². The number of benzene rings is 1. The van der Waals surface area contributed by atoms with Crippen LogP contribution in [0.15, 0.2) is 24.3 Å². The van der Waals surface area contributed by atoms with Crippen LogP contribution in [-0.2, 0) is 10.2 Å². The Morgan fingerprint density at radius 1 is 1.12 bits per heavy atom. The topological polar surface area (TPSA) is 38.5 Å². The average Bonchev–Trinajstić information content (AvgIpc) is 2.71. The highest BCUT2D eigenvalue weighted by molar-refractivity contribution is 5.57. The molecule has 0 radical (unpaired) electrons. The molecule has 0 aliphatic carbocycles. The van der Waals surface area contributed by atoms with E-state index in [0.29, 0.717) is 11.5 Å². The molecule has 1 aromatic rings. The maximum Gasteiger partial charge on any atom is 0.0433 e. The lowest BCUT2D eigenvalue weighted by Crippen LogP contribution is -2.23. The third-order valence-electron chi connectivity index (χ3n) is 3.87. The van der Waals surface area contributed by atoms with Crippen molar-refractivity contribution in [3.8, 4) is 0 Å². The van der Waals surface area contributed by atoms with E-state index in [9.17, 15) is 0 Å². The second-order valence-electron chi connectivity index (χ2n) is 7.61. The molecule has 1 heterocycles. The minimum absolute atomic E-state index is 0.333. The lowest BCUT2D eigenvalue weighted by Gasteiger charge is -2.27. The van der Waals surface area contributed by atoms with Gasteiger partial charge in [0.2, 0.25) is 0 Å². The number of methoxy groups -OCH3 is 1. The number of anilines is 1. The molecule has 0 unspecified atom stereocenters. The van der Waals surface area contributed by atoms with Gasteiger partial charge >= 0.3 is 0 Å². The molecule has 0 spiro atoms. The number of ether oxygens (including phenoxy) is 1. The van der Waals surface area contributed by atoms with Crippen molar-refractivity contribution in [2.24, 2.45) is 5.73 Å². The first-order chi connectivity index (χ1) is 12.2. The highest BCUT2D eigenvalue weighted by Gasteiger charge is 2.27. The summed E-state index contributed by atoms with van der Waals surface area (Å²) in [6.45, 7) is 20.2. The minimum Gasteiger partial charge on any atom is -0.385 e. The van der Waals surface area contributed by atoms with Crippen LogP contribution >= 0.6 is 0 Å². The maximum atomic E-state index is 5.11. The van der Waals surface area contributed by atoms with Crippen molar-refractivity contribution in [3.05, 3.63) is 29.8 Å². The number of hydrogen-bond donors (Lipinski definition) is 1. The summed E-state index contributed by atoms with van der Waals surface area (Å²) in [5.74, 6) is 0. The van der Waals surface area contributed by atoms with Gasteiger partial charge in [0.05, 0.1) is 0 Å². The van der Waals surface area contributed by atoms with Gasteiger partial charge in [0, 0.05) is 32.5 Å². The molecule has 0 saturated carbocycles. The molecule has 0 amide bonds. The molecule has 26 heavy (non-hydrogen) atoms. The van der Waals surface area contributed by atoms with Crippen molar-refractivity contribution in [2.75, 3.05) is 31.7 Å². The number of rotatable bonds is 2. The molecule has 0 atom stereocenters. The summed E-state index contributed by atoms with van der Waals surface area (Å²) < 4.78 is 4.54. The highest BCUT2D eigenvalue weighted by atomic mass is 16.5. The SMILES string of the molecule is CC(C)N.CCC.CCN1CCCC(C)(C)c2ccccc21.CCOC. The Morgan fingerprint density at radius 2 is 1.58 bits per heavy atom. The zero-order valence-electron chi connectivity index (χ0n) is 19.1.